The van der Waals surface area contributed by atoms with Crippen LogP contribution in [0, 0.1) is 0 Å². The summed E-state index contributed by atoms with van der Waals surface area (Å²) in [4.78, 5) is 18.0. The van der Waals surface area contributed by atoms with Crippen molar-refractivity contribution in [3.05, 3.63) is 12.4 Å². The number of imidazole rings is 1. The molecule has 0 aliphatic carbocycles. The fourth-order valence-corrected chi connectivity index (χ4v) is 0.500. The van der Waals surface area contributed by atoms with Crippen LogP contribution < -0.4 is 4.90 Å². The molecule has 9 heavy (non-hydrogen) atoms. The quantitative estimate of drug-likeness (QED) is 0.565. The minimum Gasteiger partial charge on any atom is -0.331 e. The molecule has 1 amide bonds. The average molecular weight is 125 g/mol. The number of amides is 1. The van der Waals surface area contributed by atoms with E-state index in [0.717, 1.165) is 0 Å². The third-order valence-electron chi connectivity index (χ3n) is 0.976. The van der Waals surface area contributed by atoms with Crippen molar-refractivity contribution in [1.29, 1.82) is 0 Å². The van der Waals surface area contributed by atoms with Gasteiger partial charge in [-0.15, -0.1) is 0 Å². The van der Waals surface area contributed by atoms with Gasteiger partial charge in [-0.25, -0.2) is 4.98 Å². The number of rotatable bonds is 2. The van der Waals surface area contributed by atoms with Crippen molar-refractivity contribution in [1.82, 2.24) is 9.97 Å². The molecule has 0 fully saturated rings. The number of nitrogens with one attached hydrogen (secondary N) is 1. The largest absolute Gasteiger partial charge is 0.331 e. The molecular weight excluding hydrogens is 118 g/mol. The fraction of sp³-hybridized carbons (Fsp3) is 0.200. The van der Waals surface area contributed by atoms with Crippen molar-refractivity contribution in [2.45, 2.75) is 0 Å². The summed E-state index contributed by atoms with van der Waals surface area (Å²) in [6.45, 7) is 0. The number of hydrogen-bond donors (Lipinski definition) is 1. The maximum Gasteiger partial charge on any atom is 0.216 e. The van der Waals surface area contributed by atoms with E-state index in [4.69, 9.17) is 0 Å². The van der Waals surface area contributed by atoms with Crippen LogP contribution in [-0.2, 0) is 4.79 Å². The van der Waals surface area contributed by atoms with Crippen LogP contribution in [0.3, 0.4) is 0 Å². The molecule has 4 heteroatoms. The molecule has 0 saturated carbocycles. The molecule has 0 aliphatic rings. The number of nitrogens with zero attached hydrogens (tertiary/aromatic N) is 2. The Bertz CT molecular complexity index is 182. The second kappa shape index (κ2) is 2.30. The van der Waals surface area contributed by atoms with Crippen molar-refractivity contribution in [2.24, 2.45) is 0 Å². The normalized spacial score (nSPS) is 9.00. The molecule has 0 radical (unpaired) electrons. The molecule has 1 N–H and O–H groups in total. The Balaban J connectivity index is 2.76. The van der Waals surface area contributed by atoms with Gasteiger partial charge < -0.3 is 4.98 Å². The van der Waals surface area contributed by atoms with Crippen molar-refractivity contribution < 1.29 is 4.79 Å². The van der Waals surface area contributed by atoms with E-state index in [1.165, 1.54) is 4.90 Å². The van der Waals surface area contributed by atoms with Gasteiger partial charge in [-0.05, 0) is 0 Å². The Morgan fingerprint density at radius 2 is 2.67 bits per heavy atom. The van der Waals surface area contributed by atoms with Gasteiger partial charge in [0, 0.05) is 19.4 Å². The summed E-state index contributed by atoms with van der Waals surface area (Å²) >= 11 is 0. The molecule has 4 nitrogen and oxygen atoms in total. The number of hydrogen-bond acceptors (Lipinski definition) is 2. The molecule has 0 bridgehead atoms. The summed E-state index contributed by atoms with van der Waals surface area (Å²) in [7, 11) is 1.63. The van der Waals surface area contributed by atoms with E-state index in [1.54, 1.807) is 19.4 Å². The molecular formula is C5H7N3O. The zero-order chi connectivity index (χ0) is 6.69. The van der Waals surface area contributed by atoms with Gasteiger partial charge in [-0.3, -0.25) is 9.69 Å². The second-order valence-electron chi connectivity index (χ2n) is 1.63. The average Bonchev–Trinajstić information content (AvgIpc) is 2.37. The van der Waals surface area contributed by atoms with E-state index >= 15 is 0 Å². The maximum absolute atomic E-state index is 10.1. The predicted molar refractivity (Wildman–Crippen MR) is 33.1 cm³/mol. The molecule has 0 aromatic carbocycles. The van der Waals surface area contributed by atoms with Gasteiger partial charge in [-0.1, -0.05) is 0 Å². The molecule has 48 valence electrons. The monoisotopic (exact) mass is 125 g/mol. The van der Waals surface area contributed by atoms with E-state index in [1.807, 2.05) is 0 Å². The van der Waals surface area contributed by atoms with Crippen LogP contribution in [0.4, 0.5) is 5.95 Å². The number of carbonyl (C=O) groups is 1. The third-order valence-corrected chi connectivity index (χ3v) is 0.976. The van der Waals surface area contributed by atoms with E-state index in [0.29, 0.717) is 12.4 Å². The minimum absolute atomic E-state index is 0.560. The number of H-pyrrole nitrogens is 1. The van der Waals surface area contributed by atoms with Crippen LogP contribution in [0.1, 0.15) is 0 Å². The maximum atomic E-state index is 10.1. The van der Waals surface area contributed by atoms with Crippen molar-refractivity contribution in [3.8, 4) is 0 Å². The van der Waals surface area contributed by atoms with Crippen LogP contribution in [0.25, 0.3) is 0 Å². The van der Waals surface area contributed by atoms with E-state index < -0.39 is 0 Å². The fourth-order valence-electron chi connectivity index (χ4n) is 0.500. The van der Waals surface area contributed by atoms with E-state index in [-0.39, 0.29) is 0 Å². The number of aromatic amines is 1. The Morgan fingerprint density at radius 3 is 3.11 bits per heavy atom. The highest BCUT2D eigenvalue weighted by Crippen LogP contribution is 1.97. The minimum atomic E-state index is 0.560. The Kier molecular flexibility index (Phi) is 1.48. The predicted octanol–water partition coefficient (Wildman–Crippen LogP) is 0.00230. The first-order valence-electron chi connectivity index (χ1n) is 2.52. The van der Waals surface area contributed by atoms with Gasteiger partial charge in [0.1, 0.15) is 0 Å². The van der Waals surface area contributed by atoms with Crippen molar-refractivity contribution >= 4 is 12.4 Å². The Morgan fingerprint density at radius 1 is 1.89 bits per heavy atom. The lowest BCUT2D eigenvalue weighted by molar-refractivity contribution is -0.107. The summed E-state index contributed by atoms with van der Waals surface area (Å²) in [6.07, 6.45) is 3.95. The molecule has 0 atom stereocenters. The highest BCUT2D eigenvalue weighted by atomic mass is 16.1. The molecule has 0 unspecified atom stereocenters. The van der Waals surface area contributed by atoms with Crippen LogP contribution in [0.15, 0.2) is 12.4 Å². The van der Waals surface area contributed by atoms with Crippen molar-refractivity contribution in [3.63, 3.8) is 0 Å². The number of anilines is 1. The Hall–Kier alpha value is -1.32. The zero-order valence-electron chi connectivity index (χ0n) is 5.03. The van der Waals surface area contributed by atoms with Gasteiger partial charge in [0.25, 0.3) is 0 Å². The van der Waals surface area contributed by atoms with Gasteiger partial charge in [0.15, 0.2) is 0 Å². The molecule has 0 spiro atoms. The van der Waals surface area contributed by atoms with Gasteiger partial charge in [-0.2, -0.15) is 0 Å². The van der Waals surface area contributed by atoms with Gasteiger partial charge >= 0.3 is 0 Å². The second-order valence-corrected chi connectivity index (χ2v) is 1.63. The summed E-state index contributed by atoms with van der Waals surface area (Å²) in [5, 5.41) is 0. The summed E-state index contributed by atoms with van der Waals surface area (Å²) in [5.41, 5.74) is 0. The highest BCUT2D eigenvalue weighted by Gasteiger charge is 1.96. The Labute approximate surface area is 52.5 Å². The smallest absolute Gasteiger partial charge is 0.216 e. The van der Waals surface area contributed by atoms with Crippen LogP contribution in [-0.4, -0.2) is 23.4 Å². The lowest BCUT2D eigenvalue weighted by Gasteiger charge is -2.03. The topological polar surface area (TPSA) is 49.0 Å². The van der Waals surface area contributed by atoms with Gasteiger partial charge in [0.05, 0.1) is 0 Å². The highest BCUT2D eigenvalue weighted by molar-refractivity contribution is 5.69. The van der Waals surface area contributed by atoms with E-state index in [2.05, 4.69) is 9.97 Å². The van der Waals surface area contributed by atoms with Gasteiger partial charge in [0.2, 0.25) is 12.4 Å². The number of carbonyl (C=O) groups excluding carboxylic acids is 1. The van der Waals surface area contributed by atoms with Crippen molar-refractivity contribution in [2.75, 3.05) is 11.9 Å². The summed E-state index contributed by atoms with van der Waals surface area (Å²) in [5.74, 6) is 0.560. The standard InChI is InChI=1S/C5H7N3O/c1-8(4-9)5-6-2-3-7-5/h2-4H,1H3,(H,6,7). The molecule has 1 heterocycles. The lowest BCUT2D eigenvalue weighted by Crippen LogP contribution is -2.14. The first-order chi connectivity index (χ1) is 4.34. The summed E-state index contributed by atoms with van der Waals surface area (Å²) in [6, 6.07) is 0. The van der Waals surface area contributed by atoms with Crippen LogP contribution in [0.2, 0.25) is 0 Å². The third kappa shape index (κ3) is 1.07. The number of aromatic nitrogens is 2. The first kappa shape index (κ1) is 5.81. The first-order valence-corrected chi connectivity index (χ1v) is 2.52. The molecule has 1 aromatic rings. The lowest BCUT2D eigenvalue weighted by atomic mass is 10.8. The molecule has 0 saturated heterocycles. The van der Waals surface area contributed by atoms with Crippen LogP contribution >= 0.6 is 0 Å². The van der Waals surface area contributed by atoms with Crippen LogP contribution in [0.5, 0.6) is 0 Å². The molecule has 0 aliphatic heterocycles. The summed E-state index contributed by atoms with van der Waals surface area (Å²) < 4.78 is 0. The zero-order valence-corrected chi connectivity index (χ0v) is 5.03. The SMILES string of the molecule is CN(C=O)c1ncc[nH]1. The molecule has 1 aromatic heterocycles. The molecule has 1 rings (SSSR count). The van der Waals surface area contributed by atoms with E-state index in [9.17, 15) is 4.79 Å².